The van der Waals surface area contributed by atoms with Crippen molar-refractivity contribution in [3.63, 3.8) is 0 Å². The van der Waals surface area contributed by atoms with E-state index in [9.17, 15) is 5.11 Å². The van der Waals surface area contributed by atoms with Crippen molar-refractivity contribution < 1.29 is 24.6 Å². The highest BCUT2D eigenvalue weighted by molar-refractivity contribution is 5.42. The summed E-state index contributed by atoms with van der Waals surface area (Å²) >= 11 is 0. The van der Waals surface area contributed by atoms with Gasteiger partial charge in [-0.25, -0.2) is 0 Å². The van der Waals surface area contributed by atoms with E-state index in [-0.39, 0.29) is 0 Å². The second kappa shape index (κ2) is 9.87. The Labute approximate surface area is 145 Å². The number of hydrogen-bond donors (Lipinski definition) is 2. The average molecular weight is 338 g/mol. The molecule has 136 valence electrons. The van der Waals surface area contributed by atoms with E-state index in [4.69, 9.17) is 14.2 Å². The van der Waals surface area contributed by atoms with E-state index < -0.39 is 6.10 Å². The van der Waals surface area contributed by atoms with Crippen LogP contribution in [0.1, 0.15) is 38.2 Å². The number of ether oxygens (including phenoxy) is 3. The molecule has 0 aliphatic heterocycles. The molecule has 0 radical (unpaired) electrons. The molecule has 1 aromatic rings. The van der Waals surface area contributed by atoms with Crippen molar-refractivity contribution in [1.82, 2.24) is 0 Å². The number of aliphatic hydroxyl groups is 1. The predicted molar refractivity (Wildman–Crippen MR) is 93.4 cm³/mol. The summed E-state index contributed by atoms with van der Waals surface area (Å²) in [5.41, 5.74) is 1.00. The van der Waals surface area contributed by atoms with Gasteiger partial charge in [0.05, 0.1) is 33.5 Å². The van der Waals surface area contributed by atoms with Crippen molar-refractivity contribution in [2.45, 2.75) is 51.4 Å². The number of quaternary nitrogens is 1. The molecular formula is C19H32NO4+. The lowest BCUT2D eigenvalue weighted by molar-refractivity contribution is -0.703. The molecule has 5 nitrogen and oxygen atoms in total. The lowest BCUT2D eigenvalue weighted by Gasteiger charge is -2.27. The Morgan fingerprint density at radius 3 is 2.62 bits per heavy atom. The summed E-state index contributed by atoms with van der Waals surface area (Å²) in [6, 6.07) is 6.37. The Bertz CT molecular complexity index is 494. The van der Waals surface area contributed by atoms with E-state index in [2.05, 4.69) is 12.2 Å². The highest BCUT2D eigenvalue weighted by Gasteiger charge is 2.24. The van der Waals surface area contributed by atoms with Crippen LogP contribution in [0.4, 0.5) is 0 Å². The third-order valence-electron chi connectivity index (χ3n) is 4.92. The summed E-state index contributed by atoms with van der Waals surface area (Å²) in [6.07, 6.45) is 4.81. The second-order valence-corrected chi connectivity index (χ2v) is 6.76. The average Bonchev–Trinajstić information content (AvgIpc) is 2.61. The molecule has 1 aromatic carbocycles. The third kappa shape index (κ3) is 5.65. The number of aliphatic hydroxyl groups excluding tert-OH is 1. The molecule has 0 bridgehead atoms. The van der Waals surface area contributed by atoms with Gasteiger partial charge in [-0.1, -0.05) is 19.4 Å². The van der Waals surface area contributed by atoms with Crippen LogP contribution in [0, 0.1) is 5.92 Å². The van der Waals surface area contributed by atoms with Crippen LogP contribution in [-0.2, 0) is 11.3 Å². The Balaban J connectivity index is 1.69. The number of nitrogens with two attached hydrogens (primary N) is 1. The molecule has 3 atom stereocenters. The van der Waals surface area contributed by atoms with Gasteiger partial charge in [-0.2, -0.15) is 0 Å². The third-order valence-corrected chi connectivity index (χ3v) is 4.92. The highest BCUT2D eigenvalue weighted by atomic mass is 16.5. The SMILES string of the molecule is COc1ccc(COC[C@@H](O)C[NH2+][C@@H]2CCCC[C@@H]2C)cc1OC. The number of rotatable bonds is 9. The van der Waals surface area contributed by atoms with E-state index in [1.165, 1.54) is 25.7 Å². The van der Waals surface area contributed by atoms with E-state index in [1.807, 2.05) is 18.2 Å². The number of methoxy groups -OCH3 is 2. The van der Waals surface area contributed by atoms with Crippen molar-refractivity contribution >= 4 is 0 Å². The van der Waals surface area contributed by atoms with Crippen LogP contribution in [-0.4, -0.2) is 44.6 Å². The molecule has 1 fully saturated rings. The van der Waals surface area contributed by atoms with E-state index >= 15 is 0 Å². The minimum atomic E-state index is -0.431. The molecule has 5 heteroatoms. The van der Waals surface area contributed by atoms with Gasteiger partial charge in [0.2, 0.25) is 0 Å². The highest BCUT2D eigenvalue weighted by Crippen LogP contribution is 2.27. The Hall–Kier alpha value is -1.30. The van der Waals surface area contributed by atoms with Crippen LogP contribution >= 0.6 is 0 Å². The van der Waals surface area contributed by atoms with Gasteiger partial charge in [0.25, 0.3) is 0 Å². The van der Waals surface area contributed by atoms with Gasteiger partial charge < -0.3 is 24.6 Å². The van der Waals surface area contributed by atoms with Gasteiger partial charge in [0, 0.05) is 5.92 Å². The first-order valence-corrected chi connectivity index (χ1v) is 8.94. The van der Waals surface area contributed by atoms with E-state index in [0.717, 1.165) is 11.5 Å². The molecule has 0 amide bonds. The minimum Gasteiger partial charge on any atom is -0.493 e. The molecule has 24 heavy (non-hydrogen) atoms. The van der Waals surface area contributed by atoms with Crippen molar-refractivity contribution in [2.75, 3.05) is 27.4 Å². The first-order valence-electron chi connectivity index (χ1n) is 8.94. The molecule has 0 heterocycles. The topological polar surface area (TPSA) is 64.5 Å². The standard InChI is InChI=1S/C19H31NO4/c1-14-6-4-5-7-17(14)20-11-16(21)13-24-12-15-8-9-18(22-2)19(10-15)23-3/h8-10,14,16-17,20-21H,4-7,11-13H2,1-3H3/p+1/t14-,16-,17+/m0/s1. The van der Waals surface area contributed by atoms with Gasteiger partial charge in [0.1, 0.15) is 12.6 Å². The van der Waals surface area contributed by atoms with E-state index in [0.29, 0.717) is 37.3 Å². The van der Waals surface area contributed by atoms with Crippen molar-refractivity contribution in [3.8, 4) is 11.5 Å². The van der Waals surface area contributed by atoms with Gasteiger partial charge in [-0.05, 0) is 37.0 Å². The zero-order valence-corrected chi connectivity index (χ0v) is 15.2. The monoisotopic (exact) mass is 338 g/mol. The number of hydrogen-bond acceptors (Lipinski definition) is 4. The molecule has 3 N–H and O–H groups in total. The summed E-state index contributed by atoms with van der Waals surface area (Å²) < 4.78 is 16.2. The zero-order valence-electron chi connectivity index (χ0n) is 15.2. The van der Waals surface area contributed by atoms with Crippen molar-refractivity contribution in [1.29, 1.82) is 0 Å². The first-order chi connectivity index (χ1) is 11.6. The molecule has 2 rings (SSSR count). The largest absolute Gasteiger partial charge is 0.493 e. The van der Waals surface area contributed by atoms with Gasteiger partial charge in [0.15, 0.2) is 11.5 Å². The predicted octanol–water partition coefficient (Wildman–Crippen LogP) is 1.72. The van der Waals surface area contributed by atoms with Crippen LogP contribution in [0.2, 0.25) is 0 Å². The lowest BCUT2D eigenvalue weighted by atomic mass is 9.86. The van der Waals surface area contributed by atoms with Gasteiger partial charge in [-0.3, -0.25) is 0 Å². The van der Waals surface area contributed by atoms with Crippen LogP contribution in [0.3, 0.4) is 0 Å². The Morgan fingerprint density at radius 1 is 1.17 bits per heavy atom. The van der Waals surface area contributed by atoms with Crippen LogP contribution in [0.25, 0.3) is 0 Å². The van der Waals surface area contributed by atoms with Crippen LogP contribution in [0.15, 0.2) is 18.2 Å². The molecule has 0 spiro atoms. The smallest absolute Gasteiger partial charge is 0.161 e. The summed E-state index contributed by atoms with van der Waals surface area (Å²) in [5, 5.41) is 12.4. The van der Waals surface area contributed by atoms with Crippen molar-refractivity contribution in [3.05, 3.63) is 23.8 Å². The lowest BCUT2D eigenvalue weighted by Crippen LogP contribution is -2.93. The molecule has 0 aromatic heterocycles. The first kappa shape index (κ1) is 19.0. The fourth-order valence-electron chi connectivity index (χ4n) is 3.38. The van der Waals surface area contributed by atoms with E-state index in [1.54, 1.807) is 14.2 Å². The fraction of sp³-hybridized carbons (Fsp3) is 0.684. The molecule has 1 saturated carbocycles. The minimum absolute atomic E-state index is 0.353. The zero-order chi connectivity index (χ0) is 17.4. The molecular weight excluding hydrogens is 306 g/mol. The normalized spacial score (nSPS) is 22.2. The molecule has 0 unspecified atom stereocenters. The maximum Gasteiger partial charge on any atom is 0.161 e. The summed E-state index contributed by atoms with van der Waals surface area (Å²) in [6.45, 7) is 3.84. The maximum absolute atomic E-state index is 10.1. The summed E-state index contributed by atoms with van der Waals surface area (Å²) in [7, 11) is 3.24. The summed E-state index contributed by atoms with van der Waals surface area (Å²) in [5.74, 6) is 2.15. The maximum atomic E-state index is 10.1. The summed E-state index contributed by atoms with van der Waals surface area (Å²) in [4.78, 5) is 0. The number of benzene rings is 1. The quantitative estimate of drug-likeness (QED) is 0.720. The van der Waals surface area contributed by atoms with Gasteiger partial charge in [-0.15, -0.1) is 0 Å². The molecule has 0 saturated heterocycles. The van der Waals surface area contributed by atoms with Crippen LogP contribution in [0.5, 0.6) is 11.5 Å². The fourth-order valence-corrected chi connectivity index (χ4v) is 3.38. The molecule has 1 aliphatic rings. The second-order valence-electron chi connectivity index (χ2n) is 6.76. The van der Waals surface area contributed by atoms with Gasteiger partial charge >= 0.3 is 0 Å². The molecule has 1 aliphatic carbocycles. The Kier molecular flexibility index (Phi) is 7.82. The Morgan fingerprint density at radius 2 is 1.92 bits per heavy atom. The van der Waals surface area contributed by atoms with Crippen LogP contribution < -0.4 is 14.8 Å². The van der Waals surface area contributed by atoms with Crippen molar-refractivity contribution in [2.24, 2.45) is 5.92 Å².